The number of hydrogen-bond donors (Lipinski definition) is 1. The highest BCUT2D eigenvalue weighted by Crippen LogP contribution is 2.25. The fourth-order valence-electron chi connectivity index (χ4n) is 3.04. The lowest BCUT2D eigenvalue weighted by Crippen LogP contribution is -2.23. The Bertz CT molecular complexity index is 967. The minimum absolute atomic E-state index is 0.158. The number of aromatic nitrogens is 3. The fraction of sp³-hybridized carbons (Fsp3) is 0.286. The lowest BCUT2D eigenvalue weighted by atomic mass is 9.93. The van der Waals surface area contributed by atoms with E-state index in [2.05, 4.69) is 24.0 Å². The molecule has 0 radical (unpaired) electrons. The highest BCUT2D eigenvalue weighted by Gasteiger charge is 2.23. The fourth-order valence-corrected chi connectivity index (χ4v) is 3.04. The van der Waals surface area contributed by atoms with Crippen molar-refractivity contribution in [2.75, 3.05) is 7.11 Å². The summed E-state index contributed by atoms with van der Waals surface area (Å²) in [5.74, 6) is -1.05. The molecule has 2 N–H and O–H groups in total. The highest BCUT2D eigenvalue weighted by atomic mass is 19.1. The number of carbonyl (C=O) groups is 1. The predicted molar refractivity (Wildman–Crippen MR) is 104 cm³/mol. The second kappa shape index (κ2) is 8.21. The van der Waals surface area contributed by atoms with Gasteiger partial charge in [0.2, 0.25) is 5.91 Å². The molecule has 3 rings (SSSR count). The number of methoxy groups -OCH3 is 1. The zero-order valence-corrected chi connectivity index (χ0v) is 16.1. The number of primary amides is 1. The van der Waals surface area contributed by atoms with Gasteiger partial charge in [-0.05, 0) is 34.7 Å². The normalized spacial score (nSPS) is 12.2. The summed E-state index contributed by atoms with van der Waals surface area (Å²) in [6, 6.07) is 12.3. The van der Waals surface area contributed by atoms with E-state index in [0.717, 1.165) is 11.1 Å². The van der Waals surface area contributed by atoms with Crippen molar-refractivity contribution in [3.63, 3.8) is 0 Å². The molecule has 0 fully saturated rings. The van der Waals surface area contributed by atoms with Crippen molar-refractivity contribution in [3.05, 3.63) is 76.9 Å². The minimum Gasteiger partial charge on any atom is -0.494 e. The Morgan fingerprint density at radius 2 is 1.86 bits per heavy atom. The monoisotopic (exact) mass is 382 g/mol. The SMILES string of the molecule is COc1cc(Cn2ncc(C(C(N)=O)c3ccc(C(C)C)cc3)n2)ccc1F. The Balaban J connectivity index is 1.84. The number of ether oxygens (including phenoxy) is 1. The van der Waals surface area contributed by atoms with Gasteiger partial charge in [-0.15, -0.1) is 0 Å². The number of amides is 1. The van der Waals surface area contributed by atoms with Gasteiger partial charge in [-0.1, -0.05) is 44.2 Å². The van der Waals surface area contributed by atoms with Crippen molar-refractivity contribution in [1.29, 1.82) is 0 Å². The number of hydrogen-bond acceptors (Lipinski definition) is 4. The molecular formula is C21H23FN4O2. The van der Waals surface area contributed by atoms with Gasteiger partial charge in [0, 0.05) is 0 Å². The standard InChI is InChI=1S/C21H23FN4O2/c1-13(2)15-5-7-16(8-6-15)20(21(23)27)18-11-24-26(25-18)12-14-4-9-17(22)19(10-14)28-3/h4-11,13,20H,12H2,1-3H3,(H2,23,27). The maximum atomic E-state index is 13.6. The van der Waals surface area contributed by atoms with Crippen LogP contribution in [0.1, 0.15) is 48.1 Å². The first-order chi connectivity index (χ1) is 13.4. The number of rotatable bonds is 7. The lowest BCUT2D eigenvalue weighted by molar-refractivity contribution is -0.118. The molecule has 28 heavy (non-hydrogen) atoms. The van der Waals surface area contributed by atoms with E-state index >= 15 is 0 Å². The van der Waals surface area contributed by atoms with Gasteiger partial charge in [-0.2, -0.15) is 15.0 Å². The molecule has 7 heteroatoms. The van der Waals surface area contributed by atoms with Gasteiger partial charge in [0.1, 0.15) is 5.92 Å². The summed E-state index contributed by atoms with van der Waals surface area (Å²) in [7, 11) is 1.41. The van der Waals surface area contributed by atoms with Crippen LogP contribution in [0.5, 0.6) is 5.75 Å². The first-order valence-corrected chi connectivity index (χ1v) is 9.00. The number of nitrogens with two attached hydrogens (primary N) is 1. The molecular weight excluding hydrogens is 359 g/mol. The van der Waals surface area contributed by atoms with Crippen LogP contribution in [-0.2, 0) is 11.3 Å². The molecule has 1 amide bonds. The van der Waals surface area contributed by atoms with Gasteiger partial charge in [-0.25, -0.2) is 4.39 Å². The maximum absolute atomic E-state index is 13.6. The van der Waals surface area contributed by atoms with Gasteiger partial charge >= 0.3 is 0 Å². The molecule has 0 aliphatic rings. The zero-order valence-electron chi connectivity index (χ0n) is 16.1. The topological polar surface area (TPSA) is 83.0 Å². The Morgan fingerprint density at radius 1 is 1.18 bits per heavy atom. The molecule has 1 atom stereocenters. The predicted octanol–water partition coefficient (Wildman–Crippen LogP) is 3.21. The minimum atomic E-state index is -0.683. The Kier molecular flexibility index (Phi) is 5.73. The maximum Gasteiger partial charge on any atom is 0.231 e. The van der Waals surface area contributed by atoms with Crippen LogP contribution >= 0.6 is 0 Å². The first-order valence-electron chi connectivity index (χ1n) is 9.00. The van der Waals surface area contributed by atoms with Crippen LogP contribution in [0.25, 0.3) is 0 Å². The third kappa shape index (κ3) is 4.19. The highest BCUT2D eigenvalue weighted by molar-refractivity contribution is 5.85. The van der Waals surface area contributed by atoms with Crippen molar-refractivity contribution in [2.45, 2.75) is 32.2 Å². The molecule has 1 aromatic heterocycles. The Morgan fingerprint density at radius 3 is 2.46 bits per heavy atom. The van der Waals surface area contributed by atoms with E-state index in [9.17, 15) is 9.18 Å². The molecule has 146 valence electrons. The molecule has 0 bridgehead atoms. The van der Waals surface area contributed by atoms with Crippen molar-refractivity contribution in [1.82, 2.24) is 15.0 Å². The third-order valence-corrected chi connectivity index (χ3v) is 4.61. The van der Waals surface area contributed by atoms with Gasteiger partial charge < -0.3 is 10.5 Å². The molecule has 1 heterocycles. The second-order valence-electron chi connectivity index (χ2n) is 6.93. The smallest absolute Gasteiger partial charge is 0.231 e. The summed E-state index contributed by atoms with van der Waals surface area (Å²) in [6.07, 6.45) is 1.53. The molecule has 1 unspecified atom stereocenters. The number of nitrogens with zero attached hydrogens (tertiary/aromatic N) is 3. The Hall–Kier alpha value is -3.22. The summed E-state index contributed by atoms with van der Waals surface area (Å²) < 4.78 is 18.6. The molecule has 2 aromatic carbocycles. The molecule has 0 saturated heterocycles. The molecule has 3 aromatic rings. The zero-order chi connectivity index (χ0) is 20.3. The van der Waals surface area contributed by atoms with Gasteiger partial charge in [-0.3, -0.25) is 4.79 Å². The average molecular weight is 382 g/mol. The van der Waals surface area contributed by atoms with Crippen LogP contribution in [0.3, 0.4) is 0 Å². The van der Waals surface area contributed by atoms with E-state index in [4.69, 9.17) is 10.5 Å². The summed E-state index contributed by atoms with van der Waals surface area (Å²) in [5, 5.41) is 8.64. The lowest BCUT2D eigenvalue weighted by Gasteiger charge is -2.13. The van der Waals surface area contributed by atoms with Gasteiger partial charge in [0.15, 0.2) is 11.6 Å². The molecule has 0 spiro atoms. The van der Waals surface area contributed by atoms with Crippen LogP contribution < -0.4 is 10.5 Å². The number of halogens is 1. The van der Waals surface area contributed by atoms with Crippen molar-refractivity contribution in [2.24, 2.45) is 5.73 Å². The summed E-state index contributed by atoms with van der Waals surface area (Å²) in [6.45, 7) is 4.53. The quantitative estimate of drug-likeness (QED) is 0.680. The molecule has 0 aliphatic carbocycles. The van der Waals surface area contributed by atoms with Gasteiger partial charge in [0.05, 0.1) is 25.5 Å². The summed E-state index contributed by atoms with van der Waals surface area (Å²) in [5.41, 5.74) is 8.84. The first kappa shape index (κ1) is 19.5. The van der Waals surface area contributed by atoms with Crippen LogP contribution in [0.4, 0.5) is 4.39 Å². The third-order valence-electron chi connectivity index (χ3n) is 4.61. The van der Waals surface area contributed by atoms with E-state index in [1.165, 1.54) is 29.7 Å². The molecule has 0 aliphatic heterocycles. The van der Waals surface area contributed by atoms with Crippen LogP contribution in [0.15, 0.2) is 48.7 Å². The number of benzene rings is 2. The van der Waals surface area contributed by atoms with E-state index in [1.807, 2.05) is 24.3 Å². The van der Waals surface area contributed by atoms with Crippen molar-refractivity contribution < 1.29 is 13.9 Å². The van der Waals surface area contributed by atoms with E-state index in [1.54, 1.807) is 12.1 Å². The van der Waals surface area contributed by atoms with Crippen molar-refractivity contribution >= 4 is 5.91 Å². The Labute approximate surface area is 163 Å². The molecule has 6 nitrogen and oxygen atoms in total. The van der Waals surface area contributed by atoms with E-state index in [0.29, 0.717) is 18.2 Å². The molecule has 0 saturated carbocycles. The second-order valence-corrected chi connectivity index (χ2v) is 6.93. The number of carbonyl (C=O) groups excluding carboxylic acids is 1. The van der Waals surface area contributed by atoms with E-state index in [-0.39, 0.29) is 5.75 Å². The average Bonchev–Trinajstić information content (AvgIpc) is 3.11. The van der Waals surface area contributed by atoms with Crippen LogP contribution in [0, 0.1) is 5.82 Å². The summed E-state index contributed by atoms with van der Waals surface area (Å²) >= 11 is 0. The van der Waals surface area contributed by atoms with Crippen molar-refractivity contribution in [3.8, 4) is 5.75 Å². The summed E-state index contributed by atoms with van der Waals surface area (Å²) in [4.78, 5) is 13.5. The largest absolute Gasteiger partial charge is 0.494 e. The van der Waals surface area contributed by atoms with Crippen LogP contribution in [0.2, 0.25) is 0 Å². The van der Waals surface area contributed by atoms with E-state index < -0.39 is 17.6 Å². The van der Waals surface area contributed by atoms with Crippen LogP contribution in [-0.4, -0.2) is 28.0 Å². The van der Waals surface area contributed by atoms with Gasteiger partial charge in [0.25, 0.3) is 0 Å².